The number of halogens is 3. The van der Waals surface area contributed by atoms with Gasteiger partial charge in [-0.2, -0.15) is 13.9 Å². The lowest BCUT2D eigenvalue weighted by molar-refractivity contribution is 0.128. The van der Waals surface area contributed by atoms with Crippen LogP contribution < -0.4 is 5.32 Å². The summed E-state index contributed by atoms with van der Waals surface area (Å²) < 4.78 is 24.9. The number of nitrogens with one attached hydrogen (secondary N) is 1. The first-order valence-electron chi connectivity index (χ1n) is 6.31. The average molecular weight is 367 g/mol. The first kappa shape index (κ1) is 12.8. The average Bonchev–Trinajstić information content (AvgIpc) is 2.74. The Labute approximate surface area is 118 Å². The lowest BCUT2D eigenvalue weighted by atomic mass is 9.96. The molecule has 0 radical (unpaired) electrons. The van der Waals surface area contributed by atoms with E-state index in [1.807, 2.05) is 4.68 Å². The Morgan fingerprint density at radius 3 is 2.89 bits per heavy atom. The maximum atomic E-state index is 12.9. The number of aromatic nitrogens is 2. The number of hydrogen-bond acceptors (Lipinski definition) is 2. The second kappa shape index (κ2) is 4.70. The van der Waals surface area contributed by atoms with E-state index in [9.17, 15) is 8.78 Å². The third kappa shape index (κ3) is 2.84. The van der Waals surface area contributed by atoms with Gasteiger partial charge < -0.3 is 5.32 Å². The molecule has 0 aromatic carbocycles. The predicted molar refractivity (Wildman–Crippen MR) is 72.9 cm³/mol. The minimum Gasteiger partial charge on any atom is -0.313 e. The Hall–Kier alpha value is -0.240. The molecule has 100 valence electrons. The third-order valence-electron chi connectivity index (χ3n) is 3.97. The zero-order valence-corrected chi connectivity index (χ0v) is 12.1. The van der Waals surface area contributed by atoms with Crippen LogP contribution in [-0.2, 0) is 13.0 Å². The van der Waals surface area contributed by atoms with Crippen LogP contribution in [0.4, 0.5) is 8.78 Å². The number of rotatable bonds is 4. The van der Waals surface area contributed by atoms with Crippen LogP contribution in [0.2, 0.25) is 0 Å². The van der Waals surface area contributed by atoms with Gasteiger partial charge in [-0.1, -0.05) is 0 Å². The highest BCUT2D eigenvalue weighted by molar-refractivity contribution is 14.1. The number of alkyl halides is 3. The highest BCUT2D eigenvalue weighted by Crippen LogP contribution is 2.36. The molecule has 1 N–H and O–H groups in total. The van der Waals surface area contributed by atoms with E-state index >= 15 is 0 Å². The summed E-state index contributed by atoms with van der Waals surface area (Å²) in [7, 11) is 0. The minimum absolute atomic E-state index is 0.231. The lowest BCUT2D eigenvalue weighted by Gasteiger charge is -2.31. The van der Waals surface area contributed by atoms with E-state index in [0.29, 0.717) is 17.5 Å². The van der Waals surface area contributed by atoms with Crippen molar-refractivity contribution < 1.29 is 8.78 Å². The molecule has 1 saturated carbocycles. The Morgan fingerprint density at radius 1 is 1.50 bits per heavy atom. The number of nitrogens with zero attached hydrogens (tertiary/aromatic N) is 2. The Kier molecular flexibility index (Phi) is 3.34. The van der Waals surface area contributed by atoms with Crippen LogP contribution in [0.3, 0.4) is 0 Å². The van der Waals surface area contributed by atoms with Crippen LogP contribution in [-0.4, -0.2) is 26.3 Å². The molecule has 3 unspecified atom stereocenters. The van der Waals surface area contributed by atoms with E-state index in [0.717, 1.165) is 19.0 Å². The predicted octanol–water partition coefficient (Wildman–Crippen LogP) is 2.45. The second-order valence-corrected chi connectivity index (χ2v) is 7.05. The van der Waals surface area contributed by atoms with Crippen molar-refractivity contribution in [1.29, 1.82) is 0 Å². The summed E-state index contributed by atoms with van der Waals surface area (Å²) in [4.78, 5) is 0. The van der Waals surface area contributed by atoms with Crippen LogP contribution >= 0.6 is 22.6 Å². The number of fused-ring (bicyclic) bond motifs is 1. The van der Waals surface area contributed by atoms with Crippen LogP contribution in [0.1, 0.15) is 18.4 Å². The fraction of sp³-hybridized carbons (Fsp3) is 0.750. The van der Waals surface area contributed by atoms with E-state index in [2.05, 4.69) is 10.4 Å². The van der Waals surface area contributed by atoms with E-state index in [4.69, 9.17) is 0 Å². The molecule has 2 fully saturated rings. The van der Waals surface area contributed by atoms with Crippen LogP contribution in [0.25, 0.3) is 0 Å². The fourth-order valence-corrected chi connectivity index (χ4v) is 3.54. The van der Waals surface area contributed by atoms with E-state index in [-0.39, 0.29) is 6.42 Å². The molecule has 0 bridgehead atoms. The molecular weight excluding hydrogens is 351 g/mol. The molecule has 0 amide bonds. The molecule has 2 heterocycles. The first-order valence-corrected chi connectivity index (χ1v) is 7.39. The molecular formula is C12H16F2IN3. The van der Waals surface area contributed by atoms with Gasteiger partial charge in [-0.25, -0.2) is 0 Å². The van der Waals surface area contributed by atoms with Crippen molar-refractivity contribution in [2.45, 2.75) is 35.8 Å². The molecule has 3 rings (SSSR count). The fourth-order valence-electron chi connectivity index (χ4n) is 3.10. The number of hydrogen-bond donors (Lipinski definition) is 1. The molecule has 18 heavy (non-hydrogen) atoms. The van der Waals surface area contributed by atoms with Crippen molar-refractivity contribution in [2.24, 2.45) is 11.8 Å². The monoisotopic (exact) mass is 367 g/mol. The van der Waals surface area contributed by atoms with Gasteiger partial charge in [0.05, 0.1) is 6.20 Å². The van der Waals surface area contributed by atoms with Crippen LogP contribution in [0, 0.1) is 11.8 Å². The zero-order chi connectivity index (χ0) is 12.8. The summed E-state index contributed by atoms with van der Waals surface area (Å²) in [5.74, 6) is 1.48. The third-order valence-corrected chi connectivity index (χ3v) is 4.35. The van der Waals surface area contributed by atoms with Gasteiger partial charge in [0.25, 0.3) is 0 Å². The van der Waals surface area contributed by atoms with Gasteiger partial charge in [-0.3, -0.25) is 4.68 Å². The van der Waals surface area contributed by atoms with Crippen molar-refractivity contribution in [1.82, 2.24) is 15.1 Å². The van der Waals surface area contributed by atoms with Crippen LogP contribution in [0.15, 0.2) is 12.4 Å². The van der Waals surface area contributed by atoms with E-state index < -0.39 is 3.93 Å². The molecule has 1 saturated heterocycles. The van der Waals surface area contributed by atoms with Gasteiger partial charge in [-0.15, -0.1) is 0 Å². The molecule has 6 heteroatoms. The van der Waals surface area contributed by atoms with Crippen molar-refractivity contribution >= 4 is 22.6 Å². The van der Waals surface area contributed by atoms with E-state index in [1.54, 1.807) is 12.4 Å². The Balaban J connectivity index is 1.57. The summed E-state index contributed by atoms with van der Waals surface area (Å²) >= 11 is 1.17. The summed E-state index contributed by atoms with van der Waals surface area (Å²) in [6.07, 6.45) is 5.54. The molecule has 1 aromatic heterocycles. The maximum Gasteiger partial charge on any atom is 0.300 e. The highest BCUT2D eigenvalue weighted by atomic mass is 127. The van der Waals surface area contributed by atoms with Crippen molar-refractivity contribution in [3.63, 3.8) is 0 Å². The molecule has 2 aliphatic rings. The SMILES string of the molecule is FC(F)(I)Cc1cnn(CC2CC3CNC3C2)c1. The smallest absolute Gasteiger partial charge is 0.300 e. The second-order valence-electron chi connectivity index (χ2n) is 5.47. The van der Waals surface area contributed by atoms with Crippen molar-refractivity contribution in [2.75, 3.05) is 6.54 Å². The Morgan fingerprint density at radius 2 is 2.33 bits per heavy atom. The largest absolute Gasteiger partial charge is 0.313 e. The Bertz CT molecular complexity index is 417. The minimum atomic E-state index is -2.68. The normalized spacial score (nSPS) is 31.2. The molecule has 1 aromatic rings. The molecule has 0 spiro atoms. The molecule has 3 atom stereocenters. The van der Waals surface area contributed by atoms with Gasteiger partial charge >= 0.3 is 3.93 Å². The van der Waals surface area contributed by atoms with Gasteiger partial charge in [0, 0.05) is 25.2 Å². The zero-order valence-electron chi connectivity index (χ0n) is 9.95. The van der Waals surface area contributed by atoms with Crippen molar-refractivity contribution in [3.05, 3.63) is 18.0 Å². The maximum absolute atomic E-state index is 12.9. The summed E-state index contributed by atoms with van der Waals surface area (Å²) in [6.45, 7) is 2.01. The quantitative estimate of drug-likeness (QED) is 0.655. The van der Waals surface area contributed by atoms with Crippen molar-refractivity contribution in [3.8, 4) is 0 Å². The topological polar surface area (TPSA) is 29.9 Å². The summed E-state index contributed by atoms with van der Waals surface area (Å²) in [5, 5.41) is 7.62. The van der Waals surface area contributed by atoms with E-state index in [1.165, 1.54) is 35.4 Å². The molecule has 1 aliphatic heterocycles. The lowest BCUT2D eigenvalue weighted by Crippen LogP contribution is -2.49. The molecule has 1 aliphatic carbocycles. The summed E-state index contributed by atoms with van der Waals surface area (Å²) in [6, 6.07) is 0.698. The first-order chi connectivity index (χ1) is 8.49. The molecule has 3 nitrogen and oxygen atoms in total. The van der Waals surface area contributed by atoms with Crippen LogP contribution in [0.5, 0.6) is 0 Å². The van der Waals surface area contributed by atoms with Gasteiger partial charge in [0.15, 0.2) is 0 Å². The summed E-state index contributed by atoms with van der Waals surface area (Å²) in [5.41, 5.74) is 0.619. The van der Waals surface area contributed by atoms with Gasteiger partial charge in [-0.05, 0) is 59.4 Å². The van der Waals surface area contributed by atoms with Gasteiger partial charge in [0.2, 0.25) is 0 Å². The van der Waals surface area contributed by atoms with Gasteiger partial charge in [0.1, 0.15) is 0 Å². The highest BCUT2D eigenvalue weighted by Gasteiger charge is 2.40. The standard InChI is InChI=1S/C12H16F2IN3/c13-12(14,15)3-9-4-17-18(7-9)6-8-1-10-5-16-11(10)2-8/h4,7-8,10-11,16H,1-3,5-6H2.